The number of rotatable bonds is 6. The van der Waals surface area contributed by atoms with Crippen LogP contribution in [0.2, 0.25) is 0 Å². The van der Waals surface area contributed by atoms with Crippen molar-refractivity contribution in [2.75, 3.05) is 7.11 Å². The van der Waals surface area contributed by atoms with Gasteiger partial charge in [0.15, 0.2) is 30.2 Å². The van der Waals surface area contributed by atoms with E-state index >= 15 is 0 Å². The average molecular weight is 486 g/mol. The van der Waals surface area contributed by atoms with E-state index in [1.54, 1.807) is 6.07 Å². The molecule has 2 saturated heterocycles. The van der Waals surface area contributed by atoms with Crippen LogP contribution in [0.4, 0.5) is 0 Å². The van der Waals surface area contributed by atoms with Gasteiger partial charge >= 0.3 is 5.97 Å². The van der Waals surface area contributed by atoms with Gasteiger partial charge in [0.25, 0.3) is 0 Å². The minimum Gasteiger partial charge on any atom is -0.504 e. The highest BCUT2D eigenvalue weighted by Crippen LogP contribution is 2.30. The van der Waals surface area contributed by atoms with Gasteiger partial charge in [0, 0.05) is 6.08 Å². The van der Waals surface area contributed by atoms with Crippen LogP contribution in [0.15, 0.2) is 24.3 Å². The highest BCUT2D eigenvalue weighted by atomic mass is 16.7. The molecule has 0 aliphatic carbocycles. The van der Waals surface area contributed by atoms with Crippen molar-refractivity contribution in [3.05, 3.63) is 29.8 Å². The van der Waals surface area contributed by atoms with Gasteiger partial charge in [-0.1, -0.05) is 6.07 Å². The van der Waals surface area contributed by atoms with Crippen molar-refractivity contribution in [1.29, 1.82) is 0 Å². The monoisotopic (exact) mass is 486 g/mol. The van der Waals surface area contributed by atoms with E-state index < -0.39 is 67.4 Å². The molecule has 6 N–H and O–H groups in total. The predicted octanol–water partition coefficient (Wildman–Crippen LogP) is -1.36. The Hall–Kier alpha value is -2.29. The van der Waals surface area contributed by atoms with Gasteiger partial charge in [-0.3, -0.25) is 0 Å². The zero-order chi connectivity index (χ0) is 25.2. The Bertz CT molecular complexity index is 875. The quantitative estimate of drug-likeness (QED) is 0.205. The van der Waals surface area contributed by atoms with E-state index in [0.29, 0.717) is 5.56 Å². The Labute approximate surface area is 195 Å². The lowest BCUT2D eigenvalue weighted by molar-refractivity contribution is -0.348. The number of carbonyl (C=O) groups excluding carboxylic acids is 1. The molecule has 1 aromatic carbocycles. The molecule has 0 amide bonds. The van der Waals surface area contributed by atoms with Crippen LogP contribution >= 0.6 is 0 Å². The van der Waals surface area contributed by atoms with Gasteiger partial charge in [0.2, 0.25) is 0 Å². The number of ether oxygens (including phenoxy) is 5. The number of hydrogen-bond donors (Lipinski definition) is 6. The molecule has 190 valence electrons. The van der Waals surface area contributed by atoms with Gasteiger partial charge in [-0.25, -0.2) is 4.79 Å². The van der Waals surface area contributed by atoms with E-state index in [-0.39, 0.29) is 11.5 Å². The van der Waals surface area contributed by atoms with Crippen LogP contribution < -0.4 is 4.74 Å². The van der Waals surface area contributed by atoms with Crippen LogP contribution in [0.1, 0.15) is 19.4 Å². The SMILES string of the molecule is COc1cc(/C=C/C(=O)OC2C(C)OC(OC3C(C)OC(O)C(O)C3O)C(O)C2O)ccc1O. The van der Waals surface area contributed by atoms with Crippen LogP contribution in [0.3, 0.4) is 0 Å². The fourth-order valence-electron chi connectivity index (χ4n) is 3.78. The number of hydrogen-bond acceptors (Lipinski definition) is 12. The fourth-order valence-corrected chi connectivity index (χ4v) is 3.78. The molecule has 3 rings (SSSR count). The smallest absolute Gasteiger partial charge is 0.331 e. The summed E-state index contributed by atoms with van der Waals surface area (Å²) in [5.41, 5.74) is 0.545. The molecule has 2 fully saturated rings. The molecular weight excluding hydrogens is 456 g/mol. The Morgan fingerprint density at radius 3 is 2.26 bits per heavy atom. The average Bonchev–Trinajstić information content (AvgIpc) is 2.80. The summed E-state index contributed by atoms with van der Waals surface area (Å²) in [6, 6.07) is 4.46. The van der Waals surface area contributed by atoms with E-state index in [1.807, 2.05) is 0 Å². The summed E-state index contributed by atoms with van der Waals surface area (Å²) in [7, 11) is 1.39. The number of esters is 1. The molecule has 1 aromatic rings. The Morgan fingerprint density at radius 2 is 1.59 bits per heavy atom. The number of phenolic OH excluding ortho intramolecular Hbond substituents is 1. The Balaban J connectivity index is 1.61. The normalized spacial score (nSPS) is 38.6. The van der Waals surface area contributed by atoms with Crippen LogP contribution in [0, 0.1) is 0 Å². The largest absolute Gasteiger partial charge is 0.504 e. The van der Waals surface area contributed by atoms with Gasteiger partial charge in [-0.05, 0) is 37.6 Å². The van der Waals surface area contributed by atoms with Crippen LogP contribution in [0.5, 0.6) is 11.5 Å². The first-order valence-corrected chi connectivity index (χ1v) is 10.7. The lowest BCUT2D eigenvalue weighted by Crippen LogP contribution is -2.63. The molecular formula is C22H30O12. The summed E-state index contributed by atoms with van der Waals surface area (Å²) in [5.74, 6) is -0.657. The van der Waals surface area contributed by atoms with Gasteiger partial charge in [-0.15, -0.1) is 0 Å². The third-order valence-corrected chi connectivity index (χ3v) is 5.73. The van der Waals surface area contributed by atoms with E-state index in [2.05, 4.69) is 0 Å². The molecule has 34 heavy (non-hydrogen) atoms. The van der Waals surface area contributed by atoms with E-state index in [4.69, 9.17) is 23.7 Å². The number of aromatic hydroxyl groups is 1. The number of phenols is 1. The summed E-state index contributed by atoms with van der Waals surface area (Å²) in [4.78, 5) is 12.3. The highest BCUT2D eigenvalue weighted by molar-refractivity contribution is 5.87. The van der Waals surface area contributed by atoms with Crippen molar-refractivity contribution in [2.24, 2.45) is 0 Å². The number of benzene rings is 1. The number of carbonyl (C=O) groups is 1. The zero-order valence-corrected chi connectivity index (χ0v) is 18.8. The van der Waals surface area contributed by atoms with Crippen molar-refractivity contribution in [3.8, 4) is 11.5 Å². The predicted molar refractivity (Wildman–Crippen MR) is 113 cm³/mol. The summed E-state index contributed by atoms with van der Waals surface area (Å²) < 4.78 is 26.5. The van der Waals surface area contributed by atoms with Gasteiger partial charge in [0.05, 0.1) is 19.3 Å². The van der Waals surface area contributed by atoms with Gasteiger partial charge in [-0.2, -0.15) is 0 Å². The highest BCUT2D eigenvalue weighted by Gasteiger charge is 2.49. The first kappa shape index (κ1) is 26.3. The molecule has 0 saturated carbocycles. The van der Waals surface area contributed by atoms with E-state index in [1.165, 1.54) is 39.2 Å². The van der Waals surface area contributed by atoms with Crippen molar-refractivity contribution in [2.45, 2.75) is 75.3 Å². The van der Waals surface area contributed by atoms with Crippen molar-refractivity contribution in [1.82, 2.24) is 0 Å². The molecule has 12 nitrogen and oxygen atoms in total. The maximum Gasteiger partial charge on any atom is 0.331 e. The van der Waals surface area contributed by atoms with E-state index in [9.17, 15) is 35.4 Å². The molecule has 2 aliphatic heterocycles. The molecule has 0 radical (unpaired) electrons. The molecule has 10 atom stereocenters. The lowest BCUT2D eigenvalue weighted by atomic mass is 9.97. The number of methoxy groups -OCH3 is 1. The maximum atomic E-state index is 12.3. The molecule has 0 bridgehead atoms. The summed E-state index contributed by atoms with van der Waals surface area (Å²) in [6.07, 6.45) is -11.2. The minimum absolute atomic E-state index is 0.0586. The third-order valence-electron chi connectivity index (χ3n) is 5.73. The van der Waals surface area contributed by atoms with E-state index in [0.717, 1.165) is 6.08 Å². The zero-order valence-electron chi connectivity index (χ0n) is 18.8. The molecule has 2 heterocycles. The number of aliphatic hydroxyl groups is 5. The van der Waals surface area contributed by atoms with Crippen molar-refractivity contribution in [3.63, 3.8) is 0 Å². The van der Waals surface area contributed by atoms with Gasteiger partial charge < -0.3 is 54.3 Å². The second-order valence-electron chi connectivity index (χ2n) is 8.17. The third kappa shape index (κ3) is 5.67. The van der Waals surface area contributed by atoms with Crippen molar-refractivity contribution >= 4 is 12.0 Å². The molecule has 0 aromatic heterocycles. The van der Waals surface area contributed by atoms with Crippen molar-refractivity contribution < 1.29 is 59.1 Å². The van der Waals surface area contributed by atoms with Gasteiger partial charge in [0.1, 0.15) is 30.5 Å². The Morgan fingerprint density at radius 1 is 0.941 bits per heavy atom. The van der Waals surface area contributed by atoms with Crippen LogP contribution in [-0.2, 0) is 23.7 Å². The summed E-state index contributed by atoms with van der Waals surface area (Å²) in [5, 5.41) is 60.2. The first-order valence-electron chi connectivity index (χ1n) is 10.7. The molecule has 12 heteroatoms. The standard InChI is InChI=1S/C22H30O12/c1-9-20(15(25)17(27)21(29)31-9)34-22-18(28)16(26)19(10(2)32-22)33-14(24)7-5-11-4-6-12(23)13(8-11)30-3/h4-10,15-23,25-29H,1-3H3/b7-5+. The molecule has 10 unspecified atom stereocenters. The summed E-state index contributed by atoms with van der Waals surface area (Å²) in [6.45, 7) is 2.98. The van der Waals surface area contributed by atoms with Crippen LogP contribution in [0.25, 0.3) is 6.08 Å². The van der Waals surface area contributed by atoms with Crippen LogP contribution in [-0.4, -0.2) is 105 Å². The fraction of sp³-hybridized carbons (Fsp3) is 0.591. The maximum absolute atomic E-state index is 12.3. The lowest BCUT2D eigenvalue weighted by Gasteiger charge is -2.45. The Kier molecular flexibility index (Phi) is 8.49. The minimum atomic E-state index is -1.66. The molecule has 2 aliphatic rings. The molecule has 0 spiro atoms. The summed E-state index contributed by atoms with van der Waals surface area (Å²) >= 11 is 0. The second-order valence-corrected chi connectivity index (χ2v) is 8.17. The first-order chi connectivity index (χ1) is 16.0. The topological polar surface area (TPSA) is 185 Å². The number of aliphatic hydroxyl groups excluding tert-OH is 5. The second kappa shape index (κ2) is 11.0.